The number of hydrogen-bond donors (Lipinski definition) is 0. The Hall–Kier alpha value is -3.59. The smallest absolute Gasteiger partial charge is 0.258 e. The molecule has 37 heavy (non-hydrogen) atoms. The van der Waals surface area contributed by atoms with E-state index in [1.165, 1.54) is 7.11 Å². The fraction of sp³-hybridized carbons (Fsp3) is 0.407. The first-order valence-corrected chi connectivity index (χ1v) is 12.6. The number of amides is 2. The molecular weight excluding hydrogens is 496 g/mol. The van der Waals surface area contributed by atoms with E-state index in [0.29, 0.717) is 46.8 Å². The third-order valence-electron chi connectivity index (χ3n) is 6.46. The molecule has 1 atom stereocenters. The molecule has 2 aromatic carbocycles. The van der Waals surface area contributed by atoms with Crippen molar-refractivity contribution in [2.45, 2.75) is 45.2 Å². The van der Waals surface area contributed by atoms with Crippen molar-refractivity contribution in [2.24, 2.45) is 0 Å². The molecule has 1 aromatic heterocycles. The lowest BCUT2D eigenvalue weighted by Crippen LogP contribution is -2.48. The van der Waals surface area contributed by atoms with E-state index < -0.39 is 0 Å². The molecule has 0 saturated carbocycles. The van der Waals surface area contributed by atoms with Gasteiger partial charge in [0.25, 0.3) is 5.91 Å². The first-order valence-electron chi connectivity index (χ1n) is 12.2. The monoisotopic (exact) mass is 526 g/mol. The van der Waals surface area contributed by atoms with Gasteiger partial charge in [-0.25, -0.2) is 0 Å². The van der Waals surface area contributed by atoms with E-state index >= 15 is 0 Å². The van der Waals surface area contributed by atoms with Gasteiger partial charge in [0.1, 0.15) is 24.1 Å². The number of rotatable bonds is 8. The molecule has 1 fully saturated rings. The van der Waals surface area contributed by atoms with Gasteiger partial charge in [-0.3, -0.25) is 9.59 Å². The van der Waals surface area contributed by atoms with Gasteiger partial charge in [-0.2, -0.15) is 4.98 Å². The van der Waals surface area contributed by atoms with Crippen LogP contribution < -0.4 is 9.47 Å². The molecule has 0 aliphatic carbocycles. The lowest BCUT2D eigenvalue weighted by atomic mass is 10.0. The molecule has 196 valence electrons. The third-order valence-corrected chi connectivity index (χ3v) is 6.70. The van der Waals surface area contributed by atoms with Crippen LogP contribution >= 0.6 is 11.6 Å². The van der Waals surface area contributed by atoms with Crippen LogP contribution in [0.15, 0.2) is 47.0 Å². The molecule has 1 unspecified atom stereocenters. The molecule has 1 saturated heterocycles. The number of methoxy groups -OCH3 is 2. The number of hydrogen-bond acceptors (Lipinski definition) is 7. The minimum absolute atomic E-state index is 0.0858. The molecule has 4 rings (SSSR count). The average Bonchev–Trinajstić information content (AvgIpc) is 3.41. The zero-order valence-electron chi connectivity index (χ0n) is 21.4. The highest BCUT2D eigenvalue weighted by atomic mass is 35.5. The summed E-state index contributed by atoms with van der Waals surface area (Å²) in [5, 5.41) is 4.69. The third kappa shape index (κ3) is 5.88. The Bertz CT molecular complexity index is 1260. The van der Waals surface area contributed by atoms with Gasteiger partial charge in [-0.05, 0) is 57.4 Å². The van der Waals surface area contributed by atoms with Gasteiger partial charge in [-0.15, -0.1) is 0 Å². The Kier molecular flexibility index (Phi) is 8.33. The SMILES string of the molecule is COc1ccc(C(=O)N(CC(=O)N2CCCCC2c2nc(-c3cccc(Cl)c3)no2)C(C)C)c(OC)c1. The van der Waals surface area contributed by atoms with Crippen molar-refractivity contribution >= 4 is 23.4 Å². The number of carbonyl (C=O) groups excluding carboxylic acids is 2. The minimum atomic E-state index is -0.360. The second-order valence-corrected chi connectivity index (χ2v) is 9.59. The number of carbonyl (C=O) groups is 2. The summed E-state index contributed by atoms with van der Waals surface area (Å²) >= 11 is 6.11. The highest BCUT2D eigenvalue weighted by Crippen LogP contribution is 2.32. The first kappa shape index (κ1) is 26.5. The number of aromatic nitrogens is 2. The van der Waals surface area contributed by atoms with Gasteiger partial charge in [0.15, 0.2) is 0 Å². The molecule has 10 heteroatoms. The predicted octanol–water partition coefficient (Wildman–Crippen LogP) is 5.01. The van der Waals surface area contributed by atoms with Gasteiger partial charge < -0.3 is 23.8 Å². The maximum atomic E-state index is 13.6. The van der Waals surface area contributed by atoms with E-state index in [1.54, 1.807) is 47.2 Å². The molecular formula is C27H31ClN4O5. The van der Waals surface area contributed by atoms with Gasteiger partial charge >= 0.3 is 0 Å². The van der Waals surface area contributed by atoms with E-state index in [2.05, 4.69) is 10.1 Å². The summed E-state index contributed by atoms with van der Waals surface area (Å²) in [6, 6.07) is 11.6. The molecule has 0 bridgehead atoms. The molecule has 1 aliphatic rings. The van der Waals surface area contributed by atoms with Crippen molar-refractivity contribution in [3.05, 3.63) is 58.9 Å². The van der Waals surface area contributed by atoms with Gasteiger partial charge in [0.2, 0.25) is 17.6 Å². The number of likely N-dealkylation sites (tertiary alicyclic amines) is 1. The summed E-state index contributed by atoms with van der Waals surface area (Å²) in [5.41, 5.74) is 1.10. The second kappa shape index (κ2) is 11.6. The molecule has 3 aromatic rings. The van der Waals surface area contributed by atoms with Crippen LogP contribution in [0.5, 0.6) is 11.5 Å². The minimum Gasteiger partial charge on any atom is -0.497 e. The topological polar surface area (TPSA) is 98.0 Å². The number of halogens is 1. The Morgan fingerprint density at radius 2 is 1.97 bits per heavy atom. The maximum absolute atomic E-state index is 13.6. The largest absolute Gasteiger partial charge is 0.497 e. The van der Waals surface area contributed by atoms with Crippen LogP contribution in [0.25, 0.3) is 11.4 Å². The standard InChI is InChI=1S/C27H31ClN4O5/c1-17(2)32(27(34)21-12-11-20(35-3)15-23(21)36-4)16-24(33)31-13-6-5-10-22(31)26-29-25(30-37-26)18-8-7-9-19(28)14-18/h7-9,11-12,14-15,17,22H,5-6,10,13,16H2,1-4H3. The van der Waals surface area contributed by atoms with Gasteiger partial charge in [0.05, 0.1) is 19.8 Å². The summed E-state index contributed by atoms with van der Waals surface area (Å²) < 4.78 is 16.3. The van der Waals surface area contributed by atoms with Gasteiger partial charge in [-0.1, -0.05) is 28.9 Å². The van der Waals surface area contributed by atoms with Crippen molar-refractivity contribution in [1.82, 2.24) is 19.9 Å². The predicted molar refractivity (Wildman–Crippen MR) is 139 cm³/mol. The van der Waals surface area contributed by atoms with Crippen molar-refractivity contribution in [2.75, 3.05) is 27.3 Å². The number of ether oxygens (including phenoxy) is 2. The lowest BCUT2D eigenvalue weighted by molar-refractivity contribution is -0.136. The summed E-state index contributed by atoms with van der Waals surface area (Å²) in [7, 11) is 3.04. The van der Waals surface area contributed by atoms with E-state index in [0.717, 1.165) is 18.4 Å². The van der Waals surface area contributed by atoms with Crippen LogP contribution in [-0.2, 0) is 4.79 Å². The van der Waals surface area contributed by atoms with Crippen LogP contribution in [0.2, 0.25) is 5.02 Å². The normalized spacial score (nSPS) is 15.5. The maximum Gasteiger partial charge on any atom is 0.258 e. The van der Waals surface area contributed by atoms with Crippen LogP contribution in [0, 0.1) is 0 Å². The summed E-state index contributed by atoms with van der Waals surface area (Å²) in [5.74, 6) is 1.29. The van der Waals surface area contributed by atoms with Crippen molar-refractivity contribution in [3.63, 3.8) is 0 Å². The van der Waals surface area contributed by atoms with Crippen LogP contribution in [0.3, 0.4) is 0 Å². The Labute approximate surface area is 221 Å². The molecule has 2 heterocycles. The second-order valence-electron chi connectivity index (χ2n) is 9.16. The molecule has 0 N–H and O–H groups in total. The summed E-state index contributed by atoms with van der Waals surface area (Å²) in [4.78, 5) is 35.0. The number of benzene rings is 2. The quantitative estimate of drug-likeness (QED) is 0.407. The zero-order valence-corrected chi connectivity index (χ0v) is 22.2. The molecule has 0 spiro atoms. The lowest BCUT2D eigenvalue weighted by Gasteiger charge is -2.36. The summed E-state index contributed by atoms with van der Waals surface area (Å²) in [6.07, 6.45) is 2.49. The van der Waals surface area contributed by atoms with E-state index in [1.807, 2.05) is 26.0 Å². The number of nitrogens with zero attached hydrogens (tertiary/aromatic N) is 4. The number of piperidine rings is 1. The fourth-order valence-electron chi connectivity index (χ4n) is 4.46. The van der Waals surface area contributed by atoms with E-state index in [-0.39, 0.29) is 30.4 Å². The Morgan fingerprint density at radius 3 is 2.68 bits per heavy atom. The summed E-state index contributed by atoms with van der Waals surface area (Å²) in [6.45, 7) is 4.22. The Morgan fingerprint density at radius 1 is 1.16 bits per heavy atom. The average molecular weight is 527 g/mol. The van der Waals surface area contributed by atoms with Crippen molar-refractivity contribution in [3.8, 4) is 22.9 Å². The van der Waals surface area contributed by atoms with Crippen molar-refractivity contribution in [1.29, 1.82) is 0 Å². The highest BCUT2D eigenvalue weighted by Gasteiger charge is 2.34. The molecule has 0 radical (unpaired) electrons. The highest BCUT2D eigenvalue weighted by molar-refractivity contribution is 6.30. The van der Waals surface area contributed by atoms with Crippen LogP contribution in [0.4, 0.5) is 0 Å². The molecule has 1 aliphatic heterocycles. The first-order chi connectivity index (χ1) is 17.8. The van der Waals surface area contributed by atoms with E-state index in [9.17, 15) is 9.59 Å². The van der Waals surface area contributed by atoms with Crippen LogP contribution in [-0.4, -0.2) is 65.1 Å². The van der Waals surface area contributed by atoms with E-state index in [4.69, 9.17) is 25.6 Å². The fourth-order valence-corrected chi connectivity index (χ4v) is 4.65. The molecule has 9 nitrogen and oxygen atoms in total. The van der Waals surface area contributed by atoms with Crippen molar-refractivity contribution < 1.29 is 23.6 Å². The van der Waals surface area contributed by atoms with Crippen LogP contribution in [0.1, 0.15) is 55.4 Å². The Balaban J connectivity index is 1.55. The van der Waals surface area contributed by atoms with Gasteiger partial charge in [0, 0.05) is 29.2 Å². The molecule has 2 amide bonds. The zero-order chi connectivity index (χ0) is 26.5.